The number of carbonyl (C=O) groups is 2. The van der Waals surface area contributed by atoms with Crippen LogP contribution >= 0.6 is 0 Å². The van der Waals surface area contributed by atoms with Crippen LogP contribution in [0.2, 0.25) is 0 Å². The van der Waals surface area contributed by atoms with E-state index >= 15 is 0 Å². The predicted octanol–water partition coefficient (Wildman–Crippen LogP) is 1.56. The molecule has 0 fully saturated rings. The molecule has 1 atom stereocenters. The first-order valence-electron chi connectivity index (χ1n) is 6.83. The minimum absolute atomic E-state index is 0.0339. The predicted molar refractivity (Wildman–Crippen MR) is 75.3 cm³/mol. The number of nitrogens with zero attached hydrogens (tertiary/aromatic N) is 1. The highest BCUT2D eigenvalue weighted by molar-refractivity contribution is 5.87. The summed E-state index contributed by atoms with van der Waals surface area (Å²) in [6.07, 6.45) is 1.53. The zero-order valence-electron chi connectivity index (χ0n) is 11.9. The molecule has 1 aromatic rings. The van der Waals surface area contributed by atoms with E-state index < -0.39 is 29.5 Å². The van der Waals surface area contributed by atoms with Crippen molar-refractivity contribution in [1.82, 2.24) is 5.32 Å². The summed E-state index contributed by atoms with van der Waals surface area (Å²) in [6.45, 7) is 0. The monoisotopic (exact) mass is 309 g/mol. The molecule has 0 saturated heterocycles. The molecule has 3 N–H and O–H groups in total. The summed E-state index contributed by atoms with van der Waals surface area (Å²) in [5.74, 6) is -2.81. The minimum Gasteiger partial charge on any atom is -0.368 e. The van der Waals surface area contributed by atoms with Crippen LogP contribution in [0, 0.1) is 23.0 Å². The fourth-order valence-electron chi connectivity index (χ4n) is 1.92. The minimum atomic E-state index is -0.866. The molecule has 118 valence electrons. The van der Waals surface area contributed by atoms with Crippen LogP contribution in [-0.2, 0) is 16.0 Å². The topological polar surface area (TPSA) is 96.0 Å². The van der Waals surface area contributed by atoms with E-state index in [0.717, 1.165) is 6.07 Å². The van der Waals surface area contributed by atoms with Gasteiger partial charge in [-0.15, -0.1) is 0 Å². The van der Waals surface area contributed by atoms with Gasteiger partial charge in [-0.1, -0.05) is 6.07 Å². The van der Waals surface area contributed by atoms with E-state index in [1.165, 1.54) is 6.07 Å². The molecular formula is C15H17F2N3O2. The van der Waals surface area contributed by atoms with Crippen molar-refractivity contribution >= 4 is 11.8 Å². The number of unbranched alkanes of at least 4 members (excludes halogenated alkanes) is 2. The zero-order valence-corrected chi connectivity index (χ0v) is 11.9. The molecule has 0 aliphatic carbocycles. The van der Waals surface area contributed by atoms with Gasteiger partial charge in [0, 0.05) is 12.5 Å². The number of carbonyl (C=O) groups excluding carboxylic acids is 2. The maximum Gasteiger partial charge on any atom is 0.239 e. The largest absolute Gasteiger partial charge is 0.368 e. The Balaban J connectivity index is 2.56. The van der Waals surface area contributed by atoms with Crippen molar-refractivity contribution in [1.29, 1.82) is 5.26 Å². The molecule has 0 heterocycles. The smallest absolute Gasteiger partial charge is 0.239 e. The summed E-state index contributed by atoms with van der Waals surface area (Å²) in [5.41, 5.74) is 5.23. The lowest BCUT2D eigenvalue weighted by molar-refractivity contribution is -0.127. The van der Waals surface area contributed by atoms with E-state index in [2.05, 4.69) is 5.32 Å². The molecular weight excluding hydrogens is 292 g/mol. The summed E-state index contributed by atoms with van der Waals surface area (Å²) >= 11 is 0. The number of nitrogens with two attached hydrogens (primary N) is 1. The molecule has 2 amide bonds. The highest BCUT2D eigenvalue weighted by Crippen LogP contribution is 2.10. The van der Waals surface area contributed by atoms with Crippen LogP contribution in [0.25, 0.3) is 0 Å². The number of amides is 2. The van der Waals surface area contributed by atoms with Gasteiger partial charge in [-0.05, 0) is 30.9 Å². The molecule has 0 radical (unpaired) electrons. The summed E-state index contributed by atoms with van der Waals surface area (Å²) in [5, 5.41) is 10.8. The molecule has 1 rings (SSSR count). The van der Waals surface area contributed by atoms with Gasteiger partial charge in [0.25, 0.3) is 0 Å². The van der Waals surface area contributed by atoms with Crippen LogP contribution in [0.5, 0.6) is 0 Å². The molecule has 0 bridgehead atoms. The van der Waals surface area contributed by atoms with Gasteiger partial charge >= 0.3 is 0 Å². The third-order valence-electron chi connectivity index (χ3n) is 3.08. The van der Waals surface area contributed by atoms with E-state index in [-0.39, 0.29) is 12.0 Å². The molecule has 1 aromatic carbocycles. The highest BCUT2D eigenvalue weighted by atomic mass is 19.1. The van der Waals surface area contributed by atoms with Crippen molar-refractivity contribution in [3.63, 3.8) is 0 Å². The molecule has 0 aliphatic heterocycles. The SMILES string of the molecule is N#CCCCC[C@@H](NC(=O)Cc1ccc(F)cc1F)C(N)=O. The van der Waals surface area contributed by atoms with Gasteiger partial charge in [0.1, 0.15) is 17.7 Å². The molecule has 0 aromatic heterocycles. The van der Waals surface area contributed by atoms with Crippen molar-refractivity contribution in [2.45, 2.75) is 38.1 Å². The maximum atomic E-state index is 13.5. The normalized spacial score (nSPS) is 11.5. The molecule has 22 heavy (non-hydrogen) atoms. The molecule has 0 unspecified atom stereocenters. The lowest BCUT2D eigenvalue weighted by atomic mass is 10.1. The number of nitriles is 1. The zero-order chi connectivity index (χ0) is 16.5. The third kappa shape index (κ3) is 5.87. The van der Waals surface area contributed by atoms with Crippen LogP contribution in [0.15, 0.2) is 18.2 Å². The van der Waals surface area contributed by atoms with Crippen molar-refractivity contribution < 1.29 is 18.4 Å². The van der Waals surface area contributed by atoms with Crippen molar-refractivity contribution in [3.8, 4) is 6.07 Å². The lowest BCUT2D eigenvalue weighted by Gasteiger charge is -2.15. The average Bonchev–Trinajstić information content (AvgIpc) is 2.45. The fourth-order valence-corrected chi connectivity index (χ4v) is 1.92. The van der Waals surface area contributed by atoms with E-state index in [1.807, 2.05) is 6.07 Å². The van der Waals surface area contributed by atoms with E-state index in [9.17, 15) is 18.4 Å². The Kier molecular flexibility index (Phi) is 6.96. The first-order valence-corrected chi connectivity index (χ1v) is 6.83. The second kappa shape index (κ2) is 8.72. The molecule has 7 heteroatoms. The number of nitrogens with one attached hydrogen (secondary N) is 1. The van der Waals surface area contributed by atoms with E-state index in [0.29, 0.717) is 31.7 Å². The van der Waals surface area contributed by atoms with Crippen LogP contribution < -0.4 is 11.1 Å². The number of halogens is 2. The second-order valence-electron chi connectivity index (χ2n) is 4.84. The maximum absolute atomic E-state index is 13.5. The third-order valence-corrected chi connectivity index (χ3v) is 3.08. The number of rotatable bonds is 8. The Bertz CT molecular complexity index is 585. The lowest BCUT2D eigenvalue weighted by Crippen LogP contribution is -2.45. The van der Waals surface area contributed by atoms with Crippen LogP contribution in [0.4, 0.5) is 8.78 Å². The quantitative estimate of drug-likeness (QED) is 0.713. The first-order chi connectivity index (χ1) is 10.4. The summed E-state index contributed by atoms with van der Waals surface area (Å²) < 4.78 is 26.2. The summed E-state index contributed by atoms with van der Waals surface area (Å²) in [6, 6.07) is 4.04. The van der Waals surface area contributed by atoms with Crippen molar-refractivity contribution in [2.24, 2.45) is 5.73 Å². The van der Waals surface area contributed by atoms with Crippen LogP contribution in [-0.4, -0.2) is 17.9 Å². The summed E-state index contributed by atoms with van der Waals surface area (Å²) in [7, 11) is 0. The van der Waals surface area contributed by atoms with E-state index in [4.69, 9.17) is 11.0 Å². The standard InChI is InChI=1S/C15H17F2N3O2/c16-11-6-5-10(12(17)9-11)8-14(21)20-13(15(19)22)4-2-1-3-7-18/h5-6,9,13H,1-4,8H2,(H2,19,22)(H,20,21)/t13-/m1/s1. The number of benzene rings is 1. The average molecular weight is 309 g/mol. The second-order valence-corrected chi connectivity index (χ2v) is 4.84. The first kappa shape index (κ1) is 17.6. The molecule has 0 spiro atoms. The van der Waals surface area contributed by atoms with Crippen molar-refractivity contribution in [2.75, 3.05) is 0 Å². The van der Waals surface area contributed by atoms with Gasteiger partial charge in [-0.2, -0.15) is 5.26 Å². The van der Waals surface area contributed by atoms with Gasteiger partial charge in [-0.3, -0.25) is 9.59 Å². The summed E-state index contributed by atoms with van der Waals surface area (Å²) in [4.78, 5) is 23.1. The van der Waals surface area contributed by atoms with Crippen LogP contribution in [0.3, 0.4) is 0 Å². The van der Waals surface area contributed by atoms with Gasteiger partial charge in [0.05, 0.1) is 12.5 Å². The Morgan fingerprint density at radius 3 is 2.64 bits per heavy atom. The molecule has 0 aliphatic rings. The molecule has 5 nitrogen and oxygen atoms in total. The van der Waals surface area contributed by atoms with E-state index in [1.54, 1.807) is 0 Å². The van der Waals surface area contributed by atoms with Crippen molar-refractivity contribution in [3.05, 3.63) is 35.4 Å². The van der Waals surface area contributed by atoms with Gasteiger partial charge in [0.2, 0.25) is 11.8 Å². The van der Waals surface area contributed by atoms with Gasteiger partial charge < -0.3 is 11.1 Å². The van der Waals surface area contributed by atoms with Gasteiger partial charge in [0.15, 0.2) is 0 Å². The number of primary amides is 1. The highest BCUT2D eigenvalue weighted by Gasteiger charge is 2.18. The number of hydrogen-bond donors (Lipinski definition) is 2. The van der Waals surface area contributed by atoms with Crippen LogP contribution in [0.1, 0.15) is 31.2 Å². The van der Waals surface area contributed by atoms with Gasteiger partial charge in [-0.25, -0.2) is 8.78 Å². The Morgan fingerprint density at radius 2 is 2.05 bits per heavy atom. The Morgan fingerprint density at radius 1 is 1.32 bits per heavy atom. The number of hydrogen-bond acceptors (Lipinski definition) is 3. The Labute approximate surface area is 127 Å². The Hall–Kier alpha value is -2.49. The fraction of sp³-hybridized carbons (Fsp3) is 0.400. The molecule has 0 saturated carbocycles.